The van der Waals surface area contributed by atoms with E-state index < -0.39 is 0 Å². The summed E-state index contributed by atoms with van der Waals surface area (Å²) >= 11 is 12.2. The Bertz CT molecular complexity index is 421. The largest absolute Gasteiger partial charge is 0.314 e. The van der Waals surface area contributed by atoms with E-state index in [0.29, 0.717) is 17.0 Å². The van der Waals surface area contributed by atoms with Crippen LogP contribution in [0.1, 0.15) is 25.8 Å². The summed E-state index contributed by atoms with van der Waals surface area (Å²) in [6.45, 7) is 8.68. The first-order valence-electron chi connectivity index (χ1n) is 6.95. The van der Waals surface area contributed by atoms with Crippen LogP contribution in [0.3, 0.4) is 0 Å². The molecule has 2 rings (SSSR count). The lowest BCUT2D eigenvalue weighted by Gasteiger charge is -2.37. The molecule has 0 radical (unpaired) electrons. The van der Waals surface area contributed by atoms with Gasteiger partial charge in [0.25, 0.3) is 0 Å². The average molecular weight is 301 g/mol. The lowest BCUT2D eigenvalue weighted by Crippen LogP contribution is -2.51. The summed E-state index contributed by atoms with van der Waals surface area (Å²) in [4.78, 5) is 2.53. The zero-order valence-electron chi connectivity index (χ0n) is 11.6. The molecule has 1 aliphatic rings. The molecule has 1 unspecified atom stereocenters. The molecule has 1 heterocycles. The third-order valence-corrected chi connectivity index (χ3v) is 4.19. The van der Waals surface area contributed by atoms with E-state index >= 15 is 0 Å². The van der Waals surface area contributed by atoms with E-state index in [9.17, 15) is 0 Å². The van der Waals surface area contributed by atoms with Gasteiger partial charge in [0.2, 0.25) is 0 Å². The highest BCUT2D eigenvalue weighted by atomic mass is 35.5. The molecule has 2 nitrogen and oxygen atoms in total. The number of hydrogen-bond donors (Lipinski definition) is 1. The first kappa shape index (κ1) is 15.1. The molecule has 0 spiro atoms. The van der Waals surface area contributed by atoms with Crippen LogP contribution >= 0.6 is 23.2 Å². The maximum absolute atomic E-state index is 6.28. The van der Waals surface area contributed by atoms with Crippen molar-refractivity contribution >= 4 is 23.2 Å². The van der Waals surface area contributed by atoms with Crippen molar-refractivity contribution in [3.8, 4) is 0 Å². The minimum absolute atomic E-state index is 0.598. The SMILES string of the molecule is CC(C)CC1CNCCN1Cc1ccc(Cl)cc1Cl. The third kappa shape index (κ3) is 4.35. The smallest absolute Gasteiger partial charge is 0.0465 e. The van der Waals surface area contributed by atoms with Gasteiger partial charge in [-0.05, 0) is 30.0 Å². The highest BCUT2D eigenvalue weighted by Gasteiger charge is 2.23. The minimum Gasteiger partial charge on any atom is -0.314 e. The molecule has 1 atom stereocenters. The monoisotopic (exact) mass is 300 g/mol. The molecule has 1 aromatic rings. The fourth-order valence-electron chi connectivity index (χ4n) is 2.66. The maximum Gasteiger partial charge on any atom is 0.0465 e. The topological polar surface area (TPSA) is 15.3 Å². The number of hydrogen-bond acceptors (Lipinski definition) is 2. The highest BCUT2D eigenvalue weighted by Crippen LogP contribution is 2.24. The van der Waals surface area contributed by atoms with Crippen molar-refractivity contribution in [1.29, 1.82) is 0 Å². The van der Waals surface area contributed by atoms with E-state index in [1.165, 1.54) is 12.0 Å². The molecular weight excluding hydrogens is 279 g/mol. The van der Waals surface area contributed by atoms with E-state index in [1.807, 2.05) is 18.2 Å². The van der Waals surface area contributed by atoms with Crippen LogP contribution in [-0.2, 0) is 6.54 Å². The second-order valence-electron chi connectivity index (χ2n) is 5.69. The highest BCUT2D eigenvalue weighted by molar-refractivity contribution is 6.35. The van der Waals surface area contributed by atoms with Gasteiger partial charge in [-0.15, -0.1) is 0 Å². The average Bonchev–Trinajstić information content (AvgIpc) is 2.34. The molecule has 1 aromatic carbocycles. The Morgan fingerprint density at radius 1 is 1.37 bits per heavy atom. The number of benzene rings is 1. The second-order valence-corrected chi connectivity index (χ2v) is 6.54. The Labute approximate surface area is 126 Å². The first-order chi connectivity index (χ1) is 9.06. The van der Waals surface area contributed by atoms with Crippen LogP contribution < -0.4 is 5.32 Å². The van der Waals surface area contributed by atoms with Gasteiger partial charge in [-0.3, -0.25) is 4.90 Å². The Balaban J connectivity index is 2.06. The summed E-state index contributed by atoms with van der Waals surface area (Å²) in [6, 6.07) is 6.39. The van der Waals surface area contributed by atoms with E-state index in [0.717, 1.165) is 31.2 Å². The predicted octanol–water partition coefficient (Wildman–Crippen LogP) is 3.81. The minimum atomic E-state index is 0.598. The Kier molecular flexibility index (Phi) is 5.52. The summed E-state index contributed by atoms with van der Waals surface area (Å²) in [5, 5.41) is 4.96. The van der Waals surface area contributed by atoms with Gasteiger partial charge in [-0.1, -0.05) is 43.1 Å². The van der Waals surface area contributed by atoms with Crippen LogP contribution in [-0.4, -0.2) is 30.6 Å². The fourth-order valence-corrected chi connectivity index (χ4v) is 3.12. The van der Waals surface area contributed by atoms with Crippen molar-refractivity contribution < 1.29 is 0 Å². The van der Waals surface area contributed by atoms with Gasteiger partial charge in [0.1, 0.15) is 0 Å². The van der Waals surface area contributed by atoms with Gasteiger partial charge in [0.05, 0.1) is 0 Å². The molecule has 4 heteroatoms. The number of piperazine rings is 1. The van der Waals surface area contributed by atoms with Crippen LogP contribution in [0.5, 0.6) is 0 Å². The van der Waals surface area contributed by atoms with Gasteiger partial charge < -0.3 is 5.32 Å². The lowest BCUT2D eigenvalue weighted by atomic mass is 10.00. The summed E-state index contributed by atoms with van der Waals surface area (Å²) in [7, 11) is 0. The number of nitrogens with one attached hydrogen (secondary N) is 1. The maximum atomic E-state index is 6.28. The molecule has 1 fully saturated rings. The first-order valence-corrected chi connectivity index (χ1v) is 7.70. The van der Waals surface area contributed by atoms with Crippen LogP contribution in [0.2, 0.25) is 10.0 Å². The summed E-state index contributed by atoms with van der Waals surface area (Å²) in [5.41, 5.74) is 1.17. The summed E-state index contributed by atoms with van der Waals surface area (Å²) in [6.07, 6.45) is 1.22. The molecule has 19 heavy (non-hydrogen) atoms. The van der Waals surface area contributed by atoms with Gasteiger partial charge in [0.15, 0.2) is 0 Å². The molecule has 1 saturated heterocycles. The molecule has 1 aliphatic heterocycles. The fraction of sp³-hybridized carbons (Fsp3) is 0.600. The quantitative estimate of drug-likeness (QED) is 0.909. The van der Waals surface area contributed by atoms with E-state index in [4.69, 9.17) is 23.2 Å². The second kappa shape index (κ2) is 6.94. The Morgan fingerprint density at radius 2 is 2.16 bits per heavy atom. The van der Waals surface area contributed by atoms with Crippen LogP contribution in [0.4, 0.5) is 0 Å². The molecular formula is C15H22Cl2N2. The Morgan fingerprint density at radius 3 is 2.84 bits per heavy atom. The summed E-state index contributed by atoms with van der Waals surface area (Å²) in [5.74, 6) is 0.716. The van der Waals surface area contributed by atoms with E-state index in [1.54, 1.807) is 0 Å². The van der Waals surface area contributed by atoms with E-state index in [-0.39, 0.29) is 0 Å². The van der Waals surface area contributed by atoms with Crippen molar-refractivity contribution in [3.05, 3.63) is 33.8 Å². The van der Waals surface area contributed by atoms with Crippen molar-refractivity contribution in [2.75, 3.05) is 19.6 Å². The third-order valence-electron chi connectivity index (χ3n) is 3.60. The van der Waals surface area contributed by atoms with Gasteiger partial charge >= 0.3 is 0 Å². The van der Waals surface area contributed by atoms with Crippen molar-refractivity contribution in [2.24, 2.45) is 5.92 Å². The predicted molar refractivity (Wildman–Crippen MR) is 83.0 cm³/mol. The Hall–Kier alpha value is -0.280. The molecule has 0 aliphatic carbocycles. The summed E-state index contributed by atoms with van der Waals surface area (Å²) < 4.78 is 0. The van der Waals surface area contributed by atoms with E-state index in [2.05, 4.69) is 24.1 Å². The molecule has 0 saturated carbocycles. The standard InChI is InChI=1S/C15H22Cl2N2/c1-11(2)7-14-9-18-5-6-19(14)10-12-3-4-13(16)8-15(12)17/h3-4,8,11,14,18H,5-7,9-10H2,1-2H3. The molecule has 0 aromatic heterocycles. The zero-order chi connectivity index (χ0) is 13.8. The van der Waals surface area contributed by atoms with Gasteiger partial charge in [-0.25, -0.2) is 0 Å². The van der Waals surface area contributed by atoms with Crippen molar-refractivity contribution in [3.63, 3.8) is 0 Å². The van der Waals surface area contributed by atoms with Crippen LogP contribution in [0.25, 0.3) is 0 Å². The van der Waals surface area contributed by atoms with Crippen molar-refractivity contribution in [1.82, 2.24) is 10.2 Å². The number of nitrogens with zero attached hydrogens (tertiary/aromatic N) is 1. The zero-order valence-corrected chi connectivity index (χ0v) is 13.1. The van der Waals surface area contributed by atoms with Gasteiger partial charge in [-0.2, -0.15) is 0 Å². The number of halogens is 2. The molecule has 0 bridgehead atoms. The molecule has 1 N–H and O–H groups in total. The molecule has 0 amide bonds. The van der Waals surface area contributed by atoms with Crippen LogP contribution in [0, 0.1) is 5.92 Å². The molecule has 106 valence electrons. The lowest BCUT2D eigenvalue weighted by molar-refractivity contribution is 0.134. The number of rotatable bonds is 4. The van der Waals surface area contributed by atoms with Crippen LogP contribution in [0.15, 0.2) is 18.2 Å². The van der Waals surface area contributed by atoms with Crippen molar-refractivity contribution in [2.45, 2.75) is 32.9 Å². The normalized spacial score (nSPS) is 21.0. The van der Waals surface area contributed by atoms with Gasteiger partial charge in [0, 0.05) is 42.3 Å².